The zero-order chi connectivity index (χ0) is 22.0. The van der Waals surface area contributed by atoms with Crippen LogP contribution in [0.1, 0.15) is 62.3 Å². The summed E-state index contributed by atoms with van der Waals surface area (Å²) in [5, 5.41) is 0. The fourth-order valence-electron chi connectivity index (χ4n) is 4.73. The molecule has 0 bridgehead atoms. The Bertz CT molecular complexity index is 1020. The number of hydrogen-bond donors (Lipinski definition) is 0. The Morgan fingerprint density at radius 3 is 2.29 bits per heavy atom. The minimum absolute atomic E-state index is 0.206. The van der Waals surface area contributed by atoms with Gasteiger partial charge >= 0.3 is 0 Å². The second-order valence-electron chi connectivity index (χ2n) is 8.52. The first-order chi connectivity index (χ1) is 15.0. The molecule has 2 aliphatic carbocycles. The number of carbonyl (C=O) groups excluding carboxylic acids is 1. The molecule has 0 N–H and O–H groups in total. The molecule has 1 amide bonds. The summed E-state index contributed by atoms with van der Waals surface area (Å²) in [5.41, 5.74) is 3.68. The van der Waals surface area contributed by atoms with E-state index < -0.39 is 10.0 Å². The van der Waals surface area contributed by atoms with Gasteiger partial charge in [0, 0.05) is 25.6 Å². The molecular weight excluding hydrogens is 408 g/mol. The summed E-state index contributed by atoms with van der Waals surface area (Å²) in [6.07, 6.45) is 5.34. The Hall–Kier alpha value is -2.18. The topological polar surface area (TPSA) is 57.7 Å². The van der Waals surface area contributed by atoms with Crippen LogP contribution < -0.4 is 0 Å². The number of amides is 1. The Labute approximate surface area is 186 Å². The maximum Gasteiger partial charge on any atom is 0.243 e. The number of aryl methyl sites for hydroxylation is 2. The Balaban J connectivity index is 1.42. The molecule has 1 atom stereocenters. The third-order valence-corrected chi connectivity index (χ3v) is 8.62. The molecular formula is C25H32N2O3S. The van der Waals surface area contributed by atoms with Gasteiger partial charge < -0.3 is 4.90 Å². The van der Waals surface area contributed by atoms with Crippen LogP contribution in [-0.2, 0) is 27.7 Å². The van der Waals surface area contributed by atoms with Gasteiger partial charge in [0.1, 0.15) is 0 Å². The molecule has 2 aromatic carbocycles. The SMILES string of the molecule is CCN(CC)S(=O)(=O)c1ccc(CCC(=O)N(C2CC2)C2CCc3ccccc32)cc1. The summed E-state index contributed by atoms with van der Waals surface area (Å²) in [7, 11) is -3.45. The summed E-state index contributed by atoms with van der Waals surface area (Å²) < 4.78 is 26.8. The molecule has 0 spiro atoms. The highest BCUT2D eigenvalue weighted by Crippen LogP contribution is 2.42. The van der Waals surface area contributed by atoms with Gasteiger partial charge in [-0.2, -0.15) is 4.31 Å². The number of nitrogens with zero attached hydrogens (tertiary/aromatic N) is 2. The van der Waals surface area contributed by atoms with Crippen molar-refractivity contribution in [3.05, 3.63) is 65.2 Å². The van der Waals surface area contributed by atoms with E-state index in [0.29, 0.717) is 36.9 Å². The second-order valence-corrected chi connectivity index (χ2v) is 10.5. The molecule has 31 heavy (non-hydrogen) atoms. The molecule has 0 heterocycles. The van der Waals surface area contributed by atoms with Crippen molar-refractivity contribution >= 4 is 15.9 Å². The van der Waals surface area contributed by atoms with Gasteiger partial charge in [-0.3, -0.25) is 4.79 Å². The molecule has 0 aliphatic heterocycles. The highest BCUT2D eigenvalue weighted by atomic mass is 32.2. The van der Waals surface area contributed by atoms with E-state index in [4.69, 9.17) is 0 Å². The van der Waals surface area contributed by atoms with Gasteiger partial charge in [-0.25, -0.2) is 8.42 Å². The highest BCUT2D eigenvalue weighted by molar-refractivity contribution is 7.89. The van der Waals surface area contributed by atoms with E-state index in [2.05, 4.69) is 29.2 Å². The molecule has 1 saturated carbocycles. The van der Waals surface area contributed by atoms with Gasteiger partial charge in [0.05, 0.1) is 10.9 Å². The van der Waals surface area contributed by atoms with E-state index in [1.165, 1.54) is 15.4 Å². The molecule has 6 heteroatoms. The zero-order valence-electron chi connectivity index (χ0n) is 18.5. The van der Waals surface area contributed by atoms with Gasteiger partial charge in [-0.15, -0.1) is 0 Å². The summed E-state index contributed by atoms with van der Waals surface area (Å²) in [4.78, 5) is 15.7. The third kappa shape index (κ3) is 4.55. The Kier molecular flexibility index (Phi) is 6.49. The first kappa shape index (κ1) is 22.0. The number of sulfonamides is 1. The quantitative estimate of drug-likeness (QED) is 0.583. The monoisotopic (exact) mass is 440 g/mol. The van der Waals surface area contributed by atoms with Crippen molar-refractivity contribution in [2.24, 2.45) is 0 Å². The van der Waals surface area contributed by atoms with Crippen LogP contribution in [0.3, 0.4) is 0 Å². The first-order valence-corrected chi connectivity index (χ1v) is 12.9. The van der Waals surface area contributed by atoms with Crippen molar-refractivity contribution in [3.8, 4) is 0 Å². The predicted molar refractivity (Wildman–Crippen MR) is 122 cm³/mol. The van der Waals surface area contributed by atoms with Crippen LogP contribution in [0.5, 0.6) is 0 Å². The molecule has 0 saturated heterocycles. The number of hydrogen-bond acceptors (Lipinski definition) is 3. The van der Waals surface area contributed by atoms with E-state index >= 15 is 0 Å². The molecule has 0 aromatic heterocycles. The molecule has 1 unspecified atom stereocenters. The fraction of sp³-hybridized carbons (Fsp3) is 0.480. The lowest BCUT2D eigenvalue weighted by atomic mass is 10.0. The minimum atomic E-state index is -3.45. The van der Waals surface area contributed by atoms with E-state index in [-0.39, 0.29) is 11.9 Å². The van der Waals surface area contributed by atoms with Gasteiger partial charge in [0.25, 0.3) is 0 Å². The fourth-order valence-corrected chi connectivity index (χ4v) is 6.19. The smallest absolute Gasteiger partial charge is 0.243 e. The average Bonchev–Trinajstić information content (AvgIpc) is 3.52. The van der Waals surface area contributed by atoms with E-state index in [1.54, 1.807) is 12.1 Å². The summed E-state index contributed by atoms with van der Waals surface area (Å²) in [6, 6.07) is 16.1. The van der Waals surface area contributed by atoms with Crippen molar-refractivity contribution < 1.29 is 13.2 Å². The van der Waals surface area contributed by atoms with E-state index in [0.717, 1.165) is 31.2 Å². The van der Waals surface area contributed by atoms with Gasteiger partial charge in [-0.05, 0) is 60.9 Å². The standard InChI is InChI=1S/C25H32N2O3S/c1-3-26(4-2)31(29,30)22-15-9-19(10-16-22)11-18-25(28)27(21-13-14-21)24-17-12-20-7-5-6-8-23(20)24/h5-10,15-16,21,24H,3-4,11-14,17-18H2,1-2H3. The molecule has 0 radical (unpaired) electrons. The van der Waals surface area contributed by atoms with Crippen LogP contribution in [0.25, 0.3) is 0 Å². The van der Waals surface area contributed by atoms with Crippen LogP contribution in [0.2, 0.25) is 0 Å². The zero-order valence-corrected chi connectivity index (χ0v) is 19.3. The second kappa shape index (κ2) is 9.13. The van der Waals surface area contributed by atoms with Gasteiger partial charge in [0.2, 0.25) is 15.9 Å². The van der Waals surface area contributed by atoms with Crippen LogP contribution in [0.15, 0.2) is 53.4 Å². The normalized spacial score (nSPS) is 18.2. The average molecular weight is 441 g/mol. The summed E-state index contributed by atoms with van der Waals surface area (Å²) >= 11 is 0. The summed E-state index contributed by atoms with van der Waals surface area (Å²) in [6.45, 7) is 4.59. The van der Waals surface area contributed by atoms with E-state index in [9.17, 15) is 13.2 Å². The Morgan fingerprint density at radius 1 is 0.968 bits per heavy atom. The number of benzene rings is 2. The highest BCUT2D eigenvalue weighted by Gasteiger charge is 2.39. The number of fused-ring (bicyclic) bond motifs is 1. The maximum atomic E-state index is 13.2. The Morgan fingerprint density at radius 2 is 1.65 bits per heavy atom. The lowest BCUT2D eigenvalue weighted by Crippen LogP contribution is -2.36. The van der Waals surface area contributed by atoms with Crippen LogP contribution in [-0.4, -0.2) is 42.7 Å². The van der Waals surface area contributed by atoms with Crippen molar-refractivity contribution in [2.45, 2.75) is 69.4 Å². The van der Waals surface area contributed by atoms with Gasteiger partial charge in [-0.1, -0.05) is 50.2 Å². The molecule has 5 nitrogen and oxygen atoms in total. The predicted octanol–water partition coefficient (Wildman–Crippen LogP) is 4.33. The lowest BCUT2D eigenvalue weighted by molar-refractivity contribution is -0.134. The van der Waals surface area contributed by atoms with Crippen molar-refractivity contribution in [1.82, 2.24) is 9.21 Å². The molecule has 2 aliphatic rings. The van der Waals surface area contributed by atoms with E-state index in [1.807, 2.05) is 26.0 Å². The van der Waals surface area contributed by atoms with Crippen LogP contribution in [0.4, 0.5) is 0 Å². The molecule has 2 aromatic rings. The van der Waals surface area contributed by atoms with Crippen LogP contribution in [0, 0.1) is 0 Å². The number of rotatable bonds is 9. The largest absolute Gasteiger partial charge is 0.333 e. The number of carbonyl (C=O) groups is 1. The molecule has 166 valence electrons. The van der Waals surface area contributed by atoms with Crippen molar-refractivity contribution in [1.29, 1.82) is 0 Å². The minimum Gasteiger partial charge on any atom is -0.333 e. The van der Waals surface area contributed by atoms with Crippen molar-refractivity contribution in [3.63, 3.8) is 0 Å². The third-order valence-electron chi connectivity index (χ3n) is 6.56. The molecule has 1 fully saturated rings. The summed E-state index contributed by atoms with van der Waals surface area (Å²) in [5.74, 6) is 0.212. The van der Waals surface area contributed by atoms with Crippen molar-refractivity contribution in [2.75, 3.05) is 13.1 Å². The van der Waals surface area contributed by atoms with Crippen LogP contribution >= 0.6 is 0 Å². The maximum absolute atomic E-state index is 13.2. The first-order valence-electron chi connectivity index (χ1n) is 11.4. The van der Waals surface area contributed by atoms with Gasteiger partial charge in [0.15, 0.2) is 0 Å². The molecule has 4 rings (SSSR count). The lowest BCUT2D eigenvalue weighted by Gasteiger charge is -2.30.